The number of carbonyl (C=O) groups excluding carboxylic acids is 1. The molecule has 2 saturated heterocycles. The van der Waals surface area contributed by atoms with Crippen LogP contribution in [0.25, 0.3) is 0 Å². The fourth-order valence-electron chi connectivity index (χ4n) is 4.41. The van der Waals surface area contributed by atoms with E-state index in [4.69, 9.17) is 0 Å². The van der Waals surface area contributed by atoms with Gasteiger partial charge in [-0.25, -0.2) is 13.2 Å². The smallest absolute Gasteiger partial charge is 0.222 e. The summed E-state index contributed by atoms with van der Waals surface area (Å²) in [6.07, 6.45) is 2.14. The maximum atomic E-state index is 13.5. The molecule has 2 fully saturated rings. The predicted molar refractivity (Wildman–Crippen MR) is 110 cm³/mol. The number of hydrogen-bond donors (Lipinski definition) is 0. The highest BCUT2D eigenvalue weighted by molar-refractivity contribution is 5.76. The van der Waals surface area contributed by atoms with E-state index in [2.05, 4.69) is 9.80 Å². The van der Waals surface area contributed by atoms with Crippen molar-refractivity contribution in [3.8, 4) is 0 Å². The Hall–Kier alpha value is -2.54. The van der Waals surface area contributed by atoms with Gasteiger partial charge in [-0.3, -0.25) is 9.69 Å². The van der Waals surface area contributed by atoms with Crippen LogP contribution >= 0.6 is 0 Å². The summed E-state index contributed by atoms with van der Waals surface area (Å²) >= 11 is 0. The Bertz CT molecular complexity index is 882. The zero-order valence-electron chi connectivity index (χ0n) is 16.9. The van der Waals surface area contributed by atoms with Gasteiger partial charge in [-0.05, 0) is 54.8 Å². The van der Waals surface area contributed by atoms with Crippen LogP contribution in [0, 0.1) is 17.5 Å². The summed E-state index contributed by atoms with van der Waals surface area (Å²) in [6, 6.07) is 10.7. The number of rotatable bonds is 4. The van der Waals surface area contributed by atoms with Crippen LogP contribution in [-0.2, 0) is 11.3 Å². The molecule has 0 N–H and O–H groups in total. The zero-order valence-corrected chi connectivity index (χ0v) is 16.9. The van der Waals surface area contributed by atoms with E-state index in [9.17, 15) is 18.0 Å². The third-order valence-corrected chi connectivity index (χ3v) is 6.16. The summed E-state index contributed by atoms with van der Waals surface area (Å²) in [5.41, 5.74) is 1.64. The van der Waals surface area contributed by atoms with Crippen molar-refractivity contribution in [1.82, 2.24) is 9.80 Å². The van der Waals surface area contributed by atoms with Crippen molar-refractivity contribution < 1.29 is 18.0 Å². The van der Waals surface area contributed by atoms with Crippen LogP contribution in [0.2, 0.25) is 0 Å². The van der Waals surface area contributed by atoms with E-state index >= 15 is 0 Å². The lowest BCUT2D eigenvalue weighted by atomic mass is 10.1. The van der Waals surface area contributed by atoms with Crippen LogP contribution in [0.15, 0.2) is 42.5 Å². The molecule has 0 spiro atoms. The summed E-state index contributed by atoms with van der Waals surface area (Å²) in [7, 11) is 0. The van der Waals surface area contributed by atoms with Crippen LogP contribution in [-0.4, -0.2) is 54.5 Å². The van der Waals surface area contributed by atoms with Gasteiger partial charge in [-0.2, -0.15) is 0 Å². The minimum Gasteiger partial charge on any atom is -0.369 e. The monoisotopic (exact) mass is 417 g/mol. The van der Waals surface area contributed by atoms with Crippen molar-refractivity contribution in [2.75, 3.05) is 37.6 Å². The number of piperazine rings is 1. The van der Waals surface area contributed by atoms with Crippen molar-refractivity contribution in [2.24, 2.45) is 0 Å². The highest BCUT2D eigenvalue weighted by Gasteiger charge is 2.29. The van der Waals surface area contributed by atoms with E-state index in [0.717, 1.165) is 50.8 Å². The Morgan fingerprint density at radius 2 is 1.57 bits per heavy atom. The Balaban J connectivity index is 1.32. The van der Waals surface area contributed by atoms with Crippen LogP contribution in [0.1, 0.15) is 24.8 Å². The van der Waals surface area contributed by atoms with Gasteiger partial charge in [-0.1, -0.05) is 6.07 Å². The lowest BCUT2D eigenvalue weighted by molar-refractivity contribution is -0.131. The largest absolute Gasteiger partial charge is 0.369 e. The molecule has 160 valence electrons. The average Bonchev–Trinajstić information content (AvgIpc) is 2.93. The van der Waals surface area contributed by atoms with E-state index in [-0.39, 0.29) is 11.7 Å². The highest BCUT2D eigenvalue weighted by Crippen LogP contribution is 2.23. The maximum Gasteiger partial charge on any atom is 0.222 e. The quantitative estimate of drug-likeness (QED) is 0.757. The number of hydrogen-bond acceptors (Lipinski definition) is 3. The number of anilines is 1. The van der Waals surface area contributed by atoms with E-state index in [1.165, 1.54) is 24.3 Å². The van der Waals surface area contributed by atoms with Gasteiger partial charge < -0.3 is 9.80 Å². The molecule has 0 aliphatic carbocycles. The molecule has 1 unspecified atom stereocenters. The summed E-state index contributed by atoms with van der Waals surface area (Å²) in [4.78, 5) is 19.0. The summed E-state index contributed by atoms with van der Waals surface area (Å²) in [5.74, 6) is -1.92. The summed E-state index contributed by atoms with van der Waals surface area (Å²) in [5, 5.41) is 0. The minimum absolute atomic E-state index is 0.0622. The molecule has 1 atom stereocenters. The molecule has 2 aromatic rings. The first-order valence-electron chi connectivity index (χ1n) is 10.5. The van der Waals surface area contributed by atoms with Gasteiger partial charge in [0.2, 0.25) is 5.91 Å². The molecular formula is C23H26F3N3O. The number of halogens is 3. The van der Waals surface area contributed by atoms with Crippen molar-refractivity contribution in [2.45, 2.75) is 31.8 Å². The Morgan fingerprint density at radius 1 is 0.833 bits per heavy atom. The molecule has 4 rings (SSSR count). The lowest BCUT2D eigenvalue weighted by Crippen LogP contribution is -2.50. The van der Waals surface area contributed by atoms with E-state index < -0.39 is 11.6 Å². The van der Waals surface area contributed by atoms with Crippen molar-refractivity contribution in [3.05, 3.63) is 65.5 Å². The first-order valence-corrected chi connectivity index (χ1v) is 10.5. The molecule has 1 amide bonds. The molecule has 30 heavy (non-hydrogen) atoms. The van der Waals surface area contributed by atoms with Gasteiger partial charge in [-0.15, -0.1) is 0 Å². The SMILES string of the molecule is O=C1CCC(N2CCN(c3ccc(F)cc3)CC2)CCN1Cc1ccc(F)c(F)c1. The van der Waals surface area contributed by atoms with Crippen molar-refractivity contribution in [1.29, 1.82) is 0 Å². The van der Waals surface area contributed by atoms with Gasteiger partial charge in [0, 0.05) is 57.4 Å². The van der Waals surface area contributed by atoms with Crippen molar-refractivity contribution in [3.63, 3.8) is 0 Å². The molecule has 0 bridgehead atoms. The number of carbonyl (C=O) groups is 1. The first kappa shape index (κ1) is 20.7. The minimum atomic E-state index is -0.883. The van der Waals surface area contributed by atoms with Gasteiger partial charge in [0.15, 0.2) is 11.6 Å². The molecule has 2 heterocycles. The Labute approximate surface area is 174 Å². The molecule has 2 aliphatic heterocycles. The molecule has 7 heteroatoms. The maximum absolute atomic E-state index is 13.5. The summed E-state index contributed by atoms with van der Waals surface area (Å²) < 4.78 is 39.8. The second-order valence-electron chi connectivity index (χ2n) is 8.04. The average molecular weight is 417 g/mol. The standard InChI is InChI=1S/C23H26F3N3O/c24-18-2-4-19(5-3-18)27-11-13-28(14-12-27)20-6-8-23(30)29(10-9-20)16-17-1-7-21(25)22(26)15-17/h1-5,7,15,20H,6,8-14,16H2. The molecule has 0 radical (unpaired) electrons. The van der Waals surface area contributed by atoms with E-state index in [0.29, 0.717) is 31.1 Å². The fourth-order valence-corrected chi connectivity index (χ4v) is 4.41. The number of amides is 1. The fraction of sp³-hybridized carbons (Fsp3) is 0.435. The second-order valence-corrected chi connectivity index (χ2v) is 8.04. The normalized spacial score (nSPS) is 21.0. The molecule has 2 aromatic carbocycles. The van der Waals surface area contributed by atoms with Crippen LogP contribution in [0.3, 0.4) is 0 Å². The van der Waals surface area contributed by atoms with Crippen LogP contribution < -0.4 is 4.90 Å². The first-order chi connectivity index (χ1) is 14.5. The van der Waals surface area contributed by atoms with E-state index in [1.54, 1.807) is 4.90 Å². The zero-order chi connectivity index (χ0) is 21.1. The van der Waals surface area contributed by atoms with Crippen molar-refractivity contribution >= 4 is 11.6 Å². The van der Waals surface area contributed by atoms with E-state index in [1.807, 2.05) is 12.1 Å². The lowest BCUT2D eigenvalue weighted by Gasteiger charge is -2.40. The number of nitrogens with zero attached hydrogens (tertiary/aromatic N) is 3. The van der Waals surface area contributed by atoms with Crippen LogP contribution in [0.4, 0.5) is 18.9 Å². The third kappa shape index (κ3) is 4.78. The highest BCUT2D eigenvalue weighted by atomic mass is 19.2. The Kier molecular flexibility index (Phi) is 6.27. The number of benzene rings is 2. The third-order valence-electron chi connectivity index (χ3n) is 6.16. The topological polar surface area (TPSA) is 26.8 Å². The van der Waals surface area contributed by atoms with Gasteiger partial charge >= 0.3 is 0 Å². The second kappa shape index (κ2) is 9.08. The predicted octanol–water partition coefficient (Wildman–Crippen LogP) is 3.81. The summed E-state index contributed by atoms with van der Waals surface area (Å²) in [6.45, 7) is 4.46. The molecule has 0 saturated carbocycles. The molecule has 0 aromatic heterocycles. The molecular weight excluding hydrogens is 391 g/mol. The van der Waals surface area contributed by atoms with Gasteiger partial charge in [0.1, 0.15) is 5.82 Å². The number of likely N-dealkylation sites (tertiary alicyclic amines) is 1. The van der Waals surface area contributed by atoms with Crippen LogP contribution in [0.5, 0.6) is 0 Å². The van der Waals surface area contributed by atoms with Gasteiger partial charge in [0.25, 0.3) is 0 Å². The molecule has 2 aliphatic rings. The van der Waals surface area contributed by atoms with Gasteiger partial charge in [0.05, 0.1) is 0 Å². The Morgan fingerprint density at radius 3 is 2.27 bits per heavy atom. The molecule has 4 nitrogen and oxygen atoms in total.